The Hall–Kier alpha value is -3.27. The van der Waals surface area contributed by atoms with Gasteiger partial charge in [0.1, 0.15) is 17.1 Å². The van der Waals surface area contributed by atoms with Crippen molar-refractivity contribution in [2.45, 2.75) is 38.6 Å². The summed E-state index contributed by atoms with van der Waals surface area (Å²) in [6, 6.07) is -0.457. The van der Waals surface area contributed by atoms with Gasteiger partial charge in [0.2, 0.25) is 5.88 Å². The molecule has 0 saturated heterocycles. The molecule has 18 heteroatoms. The average Bonchev–Trinajstić information content (AvgIpc) is 3.13. The van der Waals surface area contributed by atoms with Gasteiger partial charge in [-0.2, -0.15) is 62.5 Å². The zero-order chi connectivity index (χ0) is 30.3. The van der Waals surface area contributed by atoms with Gasteiger partial charge in [-0.05, 0) is 36.4 Å². The van der Waals surface area contributed by atoms with Gasteiger partial charge in [0.05, 0.1) is 22.4 Å². The van der Waals surface area contributed by atoms with Crippen LogP contribution in [-0.4, -0.2) is 26.8 Å². The summed E-state index contributed by atoms with van der Waals surface area (Å²) in [5.74, 6) is -6.60. The number of rotatable bonds is 3. The third-order valence-electron chi connectivity index (χ3n) is 4.66. The number of alkyl halides is 12. The van der Waals surface area contributed by atoms with E-state index in [2.05, 4.69) is 5.10 Å². The molecule has 3 rings (SSSR count). The number of halogens is 13. The predicted octanol–water partition coefficient (Wildman–Crippen LogP) is 8.21. The maximum atomic E-state index is 13.8. The van der Waals surface area contributed by atoms with Crippen molar-refractivity contribution in [1.29, 1.82) is 0 Å². The Morgan fingerprint density at radius 1 is 0.725 bits per heavy atom. The second kappa shape index (κ2) is 11.7. The molecule has 40 heavy (non-hydrogen) atoms. The Kier molecular flexibility index (Phi) is 10.2. The monoisotopic (exact) mass is 639 g/mol. The zero-order valence-electron chi connectivity index (χ0n) is 19.5. The van der Waals surface area contributed by atoms with Crippen LogP contribution < -0.4 is 0 Å². The Labute approximate surface area is 225 Å². The topological polar surface area (TPSA) is 55.1 Å². The van der Waals surface area contributed by atoms with Gasteiger partial charge in [0.25, 0.3) is 5.78 Å². The van der Waals surface area contributed by atoms with E-state index in [1.165, 1.54) is 0 Å². The van der Waals surface area contributed by atoms with E-state index >= 15 is 0 Å². The summed E-state index contributed by atoms with van der Waals surface area (Å²) in [7, 11) is 0. The molecule has 2 aromatic carbocycles. The van der Waals surface area contributed by atoms with Crippen LogP contribution in [0.25, 0.3) is 16.9 Å². The molecule has 0 amide bonds. The molecule has 221 valence electrons. The number of carbonyl (C=O) groups is 1. The molecule has 1 N–H and O–H groups in total. The maximum absolute atomic E-state index is 13.8. The van der Waals surface area contributed by atoms with Gasteiger partial charge in [0.15, 0.2) is 0 Å². The standard InChI is InChI=1S/C20H7F13N2O2.C2H6.Mn/c21-11-4-10(19(28,29)30)5-12(6-11)35-16(37)13(15(36)20(31,32)33)14(34-35)7-1-8(17(22,23)24)3-9(2-7)18(25,26)27;1-2;/h1-6,37H;1-2H3;. The van der Waals surface area contributed by atoms with Gasteiger partial charge in [0, 0.05) is 22.6 Å². The molecular formula is C22H13F13MnN2O2. The molecule has 0 bridgehead atoms. The molecule has 1 aromatic heterocycles. The van der Waals surface area contributed by atoms with Gasteiger partial charge < -0.3 is 5.11 Å². The number of ketones is 1. The maximum Gasteiger partial charge on any atom is 0.455 e. The molecule has 3 aromatic rings. The molecule has 0 atom stereocenters. The molecule has 0 saturated carbocycles. The molecule has 1 heterocycles. The van der Waals surface area contributed by atoms with Gasteiger partial charge in [-0.25, -0.2) is 4.39 Å². The fourth-order valence-electron chi connectivity index (χ4n) is 3.09. The molecule has 0 spiro atoms. The molecule has 1 radical (unpaired) electrons. The number of aromatic hydroxyl groups is 1. The molecule has 0 aliphatic carbocycles. The minimum Gasteiger partial charge on any atom is -0.493 e. The van der Waals surface area contributed by atoms with Crippen LogP contribution in [0.2, 0.25) is 0 Å². The Bertz CT molecular complexity index is 1340. The normalized spacial score (nSPS) is 12.4. The summed E-state index contributed by atoms with van der Waals surface area (Å²) in [5.41, 5.74) is -12.0. The van der Waals surface area contributed by atoms with Crippen LogP contribution in [0, 0.1) is 5.82 Å². The van der Waals surface area contributed by atoms with Crippen molar-refractivity contribution in [3.05, 3.63) is 64.5 Å². The van der Waals surface area contributed by atoms with E-state index in [0.29, 0.717) is 0 Å². The van der Waals surface area contributed by atoms with E-state index in [9.17, 15) is 67.0 Å². The van der Waals surface area contributed by atoms with E-state index < -0.39 is 87.5 Å². The minimum atomic E-state index is -5.88. The quantitative estimate of drug-likeness (QED) is 0.179. The zero-order valence-corrected chi connectivity index (χ0v) is 20.7. The Morgan fingerprint density at radius 2 is 1.15 bits per heavy atom. The van der Waals surface area contributed by atoms with Crippen molar-refractivity contribution in [3.8, 4) is 22.8 Å². The number of benzene rings is 2. The molecule has 0 fully saturated rings. The van der Waals surface area contributed by atoms with E-state index in [1.54, 1.807) is 0 Å². The van der Waals surface area contributed by atoms with E-state index in [1.807, 2.05) is 13.8 Å². The minimum absolute atomic E-state index is 0. The van der Waals surface area contributed by atoms with Crippen molar-refractivity contribution in [2.75, 3.05) is 0 Å². The Morgan fingerprint density at radius 3 is 1.55 bits per heavy atom. The van der Waals surface area contributed by atoms with Gasteiger partial charge in [-0.15, -0.1) is 0 Å². The first-order valence-electron chi connectivity index (χ1n) is 10.2. The number of aromatic nitrogens is 2. The fraction of sp³-hybridized carbons (Fsp3) is 0.273. The summed E-state index contributed by atoms with van der Waals surface area (Å²) in [5, 5.41) is 13.4. The van der Waals surface area contributed by atoms with Crippen LogP contribution in [0.1, 0.15) is 40.9 Å². The third kappa shape index (κ3) is 7.47. The van der Waals surface area contributed by atoms with Crippen LogP contribution in [0.4, 0.5) is 57.1 Å². The molecule has 4 nitrogen and oxygen atoms in total. The number of hydrogen-bond acceptors (Lipinski definition) is 3. The smallest absolute Gasteiger partial charge is 0.455 e. The molecular weight excluding hydrogens is 626 g/mol. The van der Waals surface area contributed by atoms with E-state index in [0.717, 1.165) is 0 Å². The number of hydrogen-bond donors (Lipinski definition) is 1. The van der Waals surface area contributed by atoms with Crippen LogP contribution in [-0.2, 0) is 35.6 Å². The van der Waals surface area contributed by atoms with Gasteiger partial charge in [-0.1, -0.05) is 13.8 Å². The van der Waals surface area contributed by atoms with Crippen LogP contribution in [0.15, 0.2) is 36.4 Å². The second-order valence-corrected chi connectivity index (χ2v) is 7.28. The summed E-state index contributed by atoms with van der Waals surface area (Å²) in [6.45, 7) is 4.00. The first-order chi connectivity index (χ1) is 17.6. The number of carbonyl (C=O) groups excluding carboxylic acids is 1. The first-order valence-corrected chi connectivity index (χ1v) is 10.2. The van der Waals surface area contributed by atoms with Crippen LogP contribution in [0.3, 0.4) is 0 Å². The van der Waals surface area contributed by atoms with E-state index in [-0.39, 0.29) is 52.1 Å². The van der Waals surface area contributed by atoms with Crippen molar-refractivity contribution in [2.24, 2.45) is 0 Å². The fourth-order valence-corrected chi connectivity index (χ4v) is 3.09. The average molecular weight is 639 g/mol. The number of nitrogens with zero attached hydrogens (tertiary/aromatic N) is 2. The summed E-state index contributed by atoms with van der Waals surface area (Å²) in [6.07, 6.45) is -22.1. The SMILES string of the molecule is CC.O=C(c1c(-c2cc(C(F)(F)F)cc(C(F)(F)F)c2)nn(-c2cc(F)cc(C(F)(F)F)c2)c1O)C(F)(F)F.[Mn]. The molecule has 0 aliphatic rings. The Balaban J connectivity index is 0.00000261. The van der Waals surface area contributed by atoms with Crippen molar-refractivity contribution >= 4 is 5.78 Å². The van der Waals surface area contributed by atoms with Crippen molar-refractivity contribution < 1.29 is 84.0 Å². The molecule has 0 unspecified atom stereocenters. The third-order valence-corrected chi connectivity index (χ3v) is 4.66. The van der Waals surface area contributed by atoms with Gasteiger partial charge >= 0.3 is 24.7 Å². The predicted molar refractivity (Wildman–Crippen MR) is 107 cm³/mol. The van der Waals surface area contributed by atoms with Crippen LogP contribution in [0.5, 0.6) is 5.88 Å². The van der Waals surface area contributed by atoms with Crippen molar-refractivity contribution in [1.82, 2.24) is 9.78 Å². The second-order valence-electron chi connectivity index (χ2n) is 7.28. The van der Waals surface area contributed by atoms with E-state index in [4.69, 9.17) is 0 Å². The summed E-state index contributed by atoms with van der Waals surface area (Å²) < 4.78 is 171. The largest absolute Gasteiger partial charge is 0.493 e. The molecule has 0 aliphatic heterocycles. The van der Waals surface area contributed by atoms with Crippen LogP contribution >= 0.6 is 0 Å². The summed E-state index contributed by atoms with van der Waals surface area (Å²) >= 11 is 0. The first kappa shape index (κ1) is 34.8. The summed E-state index contributed by atoms with van der Waals surface area (Å²) in [4.78, 5) is 11.9. The van der Waals surface area contributed by atoms with Crippen molar-refractivity contribution in [3.63, 3.8) is 0 Å². The van der Waals surface area contributed by atoms with Gasteiger partial charge in [-0.3, -0.25) is 4.79 Å². The number of Topliss-reactive ketones (excluding diaryl/α,β-unsaturated/α-hetero) is 1.